The van der Waals surface area contributed by atoms with Crippen LogP contribution in [0.15, 0.2) is 91.0 Å². The summed E-state index contributed by atoms with van der Waals surface area (Å²) in [5.41, 5.74) is 11.4. The number of benzene rings is 3. The van der Waals surface area contributed by atoms with Crippen molar-refractivity contribution in [3.63, 3.8) is 0 Å². The first-order valence-corrected chi connectivity index (χ1v) is 22.8. The van der Waals surface area contributed by atoms with Crippen molar-refractivity contribution >= 4 is 48.2 Å². The summed E-state index contributed by atoms with van der Waals surface area (Å²) < 4.78 is 1.21. The van der Waals surface area contributed by atoms with Gasteiger partial charge < -0.3 is 15.1 Å². The van der Waals surface area contributed by atoms with E-state index in [4.69, 9.17) is 15.0 Å². The summed E-state index contributed by atoms with van der Waals surface area (Å²) in [5.74, 6) is 1.01. The molecular weight excluding hydrogens is 947 g/mol. The molecule has 1 N–H and O–H groups in total. The first-order chi connectivity index (χ1) is 28.9. The number of fused-ring (bicyclic) bond motifs is 4. The number of pyridine rings is 3. The fourth-order valence-electron chi connectivity index (χ4n) is 7.98. The van der Waals surface area contributed by atoms with Gasteiger partial charge in [-0.05, 0) is 119 Å². The van der Waals surface area contributed by atoms with E-state index in [2.05, 4.69) is 114 Å². The maximum absolute atomic E-state index is 11.7. The molecule has 3 aromatic carbocycles. The second-order valence-corrected chi connectivity index (χ2v) is 17.6. The zero-order valence-electron chi connectivity index (χ0n) is 37.4. The number of aromatic nitrogens is 3. The van der Waals surface area contributed by atoms with Crippen molar-refractivity contribution in [3.05, 3.63) is 137 Å². The number of rotatable bonds is 15. The minimum atomic E-state index is 0. The molecule has 0 spiro atoms. The molecule has 0 amide bonds. The molecule has 0 unspecified atom stereocenters. The zero-order chi connectivity index (χ0) is 42.9. The van der Waals surface area contributed by atoms with Crippen LogP contribution in [0.3, 0.4) is 0 Å². The van der Waals surface area contributed by atoms with Gasteiger partial charge >= 0.3 is 0 Å². The van der Waals surface area contributed by atoms with Crippen LogP contribution < -0.4 is 0 Å². The van der Waals surface area contributed by atoms with Crippen molar-refractivity contribution in [1.29, 1.82) is 0 Å². The normalized spacial score (nSPS) is 11.8. The number of hydrogen-bond acceptors (Lipinski definition) is 6. The van der Waals surface area contributed by atoms with E-state index in [0.29, 0.717) is 5.92 Å². The van der Waals surface area contributed by atoms with Crippen molar-refractivity contribution in [2.45, 2.75) is 120 Å². The summed E-state index contributed by atoms with van der Waals surface area (Å²) in [6.07, 6.45) is 13.3. The molecule has 4 aromatic heterocycles. The predicted molar refractivity (Wildman–Crippen MR) is 254 cm³/mol. The Morgan fingerprint density at radius 1 is 0.787 bits per heavy atom. The monoisotopic (exact) mass is 1010 g/mol. The smallest absolute Gasteiger partial charge is 0.162 e. The van der Waals surface area contributed by atoms with E-state index in [0.717, 1.165) is 90.0 Å². The average molecular weight is 1010 g/mol. The molecule has 0 saturated heterocycles. The van der Waals surface area contributed by atoms with E-state index in [-0.39, 0.29) is 43.5 Å². The average Bonchev–Trinajstić information content (AvgIpc) is 3.60. The van der Waals surface area contributed by atoms with E-state index in [1.807, 2.05) is 40.0 Å². The number of carbonyl (C=O) groups excluding carboxylic acids is 1. The van der Waals surface area contributed by atoms with Crippen molar-refractivity contribution in [2.75, 3.05) is 0 Å². The first kappa shape index (κ1) is 47.5. The standard InChI is InChI=1S/C41H37N3S.C13H24O2.Ir/c1-25(2)31-16-18-33-35(22-31)32(9-7-6-8-29-13-19-38(42-23-29)30-14-10-26(3)11-15-30)24-43-39(33)37-21-27(4)20-36-34-17-12-28(5)44-41(34)45-40(36)37;1-5-10(6-2)12(14)9-13(15)11(7-3)8-4;/h10-14,16-20,22-25H,6-9H2,1-5H3;9-11,14H,5-8H2,1-4H3;/q-2;;/b;12-9-;. The molecule has 0 saturated carbocycles. The largest absolute Gasteiger partial charge is 0.512 e. The molecule has 0 aliphatic carbocycles. The summed E-state index contributed by atoms with van der Waals surface area (Å²) in [7, 11) is 0. The first-order valence-electron chi connectivity index (χ1n) is 22.0. The Hall–Kier alpha value is -4.55. The van der Waals surface area contributed by atoms with Crippen molar-refractivity contribution in [1.82, 2.24) is 15.0 Å². The van der Waals surface area contributed by atoms with Crippen LogP contribution in [0.1, 0.15) is 119 Å². The van der Waals surface area contributed by atoms with E-state index < -0.39 is 0 Å². The topological polar surface area (TPSA) is 76.0 Å². The Labute approximate surface area is 381 Å². The Bertz CT molecular complexity index is 2580. The fraction of sp³-hybridized carbons (Fsp3) is 0.370. The molecule has 7 aromatic rings. The van der Waals surface area contributed by atoms with Gasteiger partial charge in [0.1, 0.15) is 4.83 Å². The molecule has 0 aliphatic heterocycles. The number of ketones is 1. The Morgan fingerprint density at radius 3 is 2.16 bits per heavy atom. The van der Waals surface area contributed by atoms with Crippen LogP contribution in [-0.4, -0.2) is 25.8 Å². The minimum absolute atomic E-state index is 0. The number of aliphatic hydroxyl groups excluding tert-OH is 1. The molecule has 61 heavy (non-hydrogen) atoms. The number of unbranched alkanes of at least 4 members (excludes halogenated alkanes) is 1. The van der Waals surface area contributed by atoms with E-state index in [1.165, 1.54) is 54.6 Å². The molecule has 0 atom stereocenters. The molecule has 7 rings (SSSR count). The quantitative estimate of drug-likeness (QED) is 0.0479. The number of aryl methyl sites for hydroxylation is 5. The maximum Gasteiger partial charge on any atom is 0.162 e. The van der Waals surface area contributed by atoms with Crippen LogP contribution in [0.4, 0.5) is 0 Å². The van der Waals surface area contributed by atoms with E-state index >= 15 is 0 Å². The Balaban J connectivity index is 0.000000378. The number of carbonyl (C=O) groups is 1. The summed E-state index contributed by atoms with van der Waals surface area (Å²) in [4.78, 5) is 27.5. The number of allylic oxidation sites excluding steroid dienone is 2. The second-order valence-electron chi connectivity index (χ2n) is 16.6. The van der Waals surface area contributed by atoms with Gasteiger partial charge in [0.15, 0.2) is 5.78 Å². The van der Waals surface area contributed by atoms with Gasteiger partial charge in [-0.25, -0.2) is 4.98 Å². The zero-order valence-corrected chi connectivity index (χ0v) is 40.6. The SMILES string of the molecule is CCC(CC)C(=O)/C=C(\O)C(CC)CC.Cc1[c-]c(-c2ncc(CCCCc3ccc(-c4[c-]cc(C)cc4)nc3)c3cc(C(C)C)ccc23)c2sc3nc(C)ccc3c2c1.[Ir]. The molecule has 0 fully saturated rings. The molecule has 0 bridgehead atoms. The summed E-state index contributed by atoms with van der Waals surface area (Å²) >= 11 is 1.75. The van der Waals surface area contributed by atoms with Crippen LogP contribution in [0.5, 0.6) is 0 Å². The summed E-state index contributed by atoms with van der Waals surface area (Å²) in [6, 6.07) is 31.1. The number of aliphatic hydroxyl groups is 1. The van der Waals surface area contributed by atoms with Crippen molar-refractivity contribution in [2.24, 2.45) is 11.8 Å². The van der Waals surface area contributed by atoms with Gasteiger partial charge in [0.05, 0.1) is 5.76 Å². The van der Waals surface area contributed by atoms with Gasteiger partial charge in [-0.15, -0.1) is 58.7 Å². The number of hydrogen-bond donors (Lipinski definition) is 1. The molecule has 1 radical (unpaired) electrons. The van der Waals surface area contributed by atoms with Crippen molar-refractivity contribution in [3.8, 4) is 22.5 Å². The second kappa shape index (κ2) is 22.0. The van der Waals surface area contributed by atoms with Gasteiger partial charge in [0.2, 0.25) is 0 Å². The summed E-state index contributed by atoms with van der Waals surface area (Å²) in [6.45, 7) is 18.9. The van der Waals surface area contributed by atoms with Crippen LogP contribution in [0.2, 0.25) is 0 Å². The van der Waals surface area contributed by atoms with Crippen molar-refractivity contribution < 1.29 is 30.0 Å². The van der Waals surface area contributed by atoms with Crippen LogP contribution in [0, 0.1) is 44.7 Å². The third-order valence-corrected chi connectivity index (χ3v) is 13.0. The van der Waals surface area contributed by atoms with E-state index in [1.54, 1.807) is 11.3 Å². The third kappa shape index (κ3) is 11.5. The van der Waals surface area contributed by atoms with E-state index in [9.17, 15) is 9.90 Å². The molecular formula is C54H61IrN3O2S-2. The molecule has 7 heteroatoms. The van der Waals surface area contributed by atoms with Gasteiger partial charge in [0, 0.05) is 56.1 Å². The number of thiophene rings is 1. The molecule has 5 nitrogen and oxygen atoms in total. The third-order valence-electron chi connectivity index (χ3n) is 11.9. The molecule has 4 heterocycles. The fourth-order valence-corrected chi connectivity index (χ4v) is 9.18. The van der Waals surface area contributed by atoms with Crippen LogP contribution >= 0.6 is 11.3 Å². The number of nitrogens with zero attached hydrogens (tertiary/aromatic N) is 3. The van der Waals surface area contributed by atoms with Crippen LogP contribution in [0.25, 0.3) is 53.6 Å². The van der Waals surface area contributed by atoms with Gasteiger partial charge in [-0.2, -0.15) is 11.3 Å². The van der Waals surface area contributed by atoms with Gasteiger partial charge in [0.25, 0.3) is 0 Å². The van der Waals surface area contributed by atoms with Gasteiger partial charge in [-0.1, -0.05) is 97.2 Å². The van der Waals surface area contributed by atoms with Crippen LogP contribution in [-0.2, 0) is 37.7 Å². The molecule has 321 valence electrons. The Morgan fingerprint density at radius 2 is 1.51 bits per heavy atom. The Kier molecular flexibility index (Phi) is 17.1. The molecule has 0 aliphatic rings. The summed E-state index contributed by atoms with van der Waals surface area (Å²) in [5, 5.41) is 14.7. The van der Waals surface area contributed by atoms with Gasteiger partial charge in [-0.3, -0.25) is 4.79 Å². The predicted octanol–water partition coefficient (Wildman–Crippen LogP) is 14.8. The minimum Gasteiger partial charge on any atom is -0.512 e. The maximum atomic E-state index is 11.7.